The zero-order valence-corrected chi connectivity index (χ0v) is 14.7. The number of carbonyl (C=O) groups excluding carboxylic acids is 1. The van der Waals surface area contributed by atoms with Crippen LogP contribution >= 0.6 is 0 Å². The lowest BCUT2D eigenvalue weighted by Crippen LogP contribution is -2.32. The van der Waals surface area contributed by atoms with E-state index in [4.69, 9.17) is 0 Å². The summed E-state index contributed by atoms with van der Waals surface area (Å²) in [5.41, 5.74) is 4.88. The Morgan fingerprint density at radius 3 is 2.42 bits per heavy atom. The molecule has 0 aromatic heterocycles. The van der Waals surface area contributed by atoms with Crippen LogP contribution in [0, 0.1) is 37.0 Å². The molecule has 9 nitrogen and oxygen atoms in total. The van der Waals surface area contributed by atoms with Gasteiger partial charge in [0.25, 0.3) is 5.69 Å². The Kier molecular flexibility index (Phi) is 3.97. The highest BCUT2D eigenvalue weighted by Crippen LogP contribution is 2.65. The average molecular weight is 360 g/mol. The number of anilines is 1. The topological polar surface area (TPSA) is 127 Å². The Morgan fingerprint density at radius 1 is 1.19 bits per heavy atom. The summed E-state index contributed by atoms with van der Waals surface area (Å²) in [7, 11) is 0. The Labute approximate surface area is 149 Å². The van der Waals surface area contributed by atoms with Gasteiger partial charge in [0.2, 0.25) is 0 Å². The van der Waals surface area contributed by atoms with Gasteiger partial charge >= 0.3 is 5.69 Å². The van der Waals surface area contributed by atoms with Gasteiger partial charge in [-0.15, -0.1) is 0 Å². The fourth-order valence-electron chi connectivity index (χ4n) is 4.18. The van der Waals surface area contributed by atoms with Gasteiger partial charge in [-0.1, -0.05) is 20.8 Å². The van der Waals surface area contributed by atoms with Crippen molar-refractivity contribution in [3.05, 3.63) is 50.2 Å². The summed E-state index contributed by atoms with van der Waals surface area (Å²) < 4.78 is 0. The van der Waals surface area contributed by atoms with Crippen LogP contribution in [0.2, 0.25) is 0 Å². The molecule has 0 saturated heterocycles. The number of nitrogens with one attached hydrogen (secondary N) is 2. The van der Waals surface area contributed by atoms with E-state index in [1.54, 1.807) is 6.20 Å². The second-order valence-corrected chi connectivity index (χ2v) is 7.56. The van der Waals surface area contributed by atoms with E-state index >= 15 is 0 Å². The number of allylic oxidation sites excluding steroid dienone is 1. The van der Waals surface area contributed by atoms with Crippen molar-refractivity contribution in [2.45, 2.75) is 33.6 Å². The molecule has 1 aromatic carbocycles. The standard InChI is InChI=1S/C17H20N4O5/c1-16(2)12-6-7-17(16,3)15(22)11(12)9-18-19-13-5-4-10(20(23)24)8-14(13)21(25)26/h4-5,8-9,12,18-19H,6-7H2,1-3H3/b11-9-. The maximum Gasteiger partial charge on any atom is 0.300 e. The number of hydrogen-bond donors (Lipinski definition) is 2. The first-order chi connectivity index (χ1) is 12.1. The van der Waals surface area contributed by atoms with Crippen molar-refractivity contribution in [2.75, 3.05) is 5.43 Å². The smallest absolute Gasteiger partial charge is 0.300 e. The first kappa shape index (κ1) is 17.8. The van der Waals surface area contributed by atoms with E-state index in [0.29, 0.717) is 5.57 Å². The predicted molar refractivity (Wildman–Crippen MR) is 94.2 cm³/mol. The molecular formula is C17H20N4O5. The van der Waals surface area contributed by atoms with Crippen LogP contribution < -0.4 is 10.9 Å². The van der Waals surface area contributed by atoms with Crippen LogP contribution in [0.1, 0.15) is 33.6 Å². The monoisotopic (exact) mass is 360 g/mol. The minimum absolute atomic E-state index is 0.0820. The molecule has 2 unspecified atom stereocenters. The molecule has 2 aliphatic rings. The van der Waals surface area contributed by atoms with Crippen LogP contribution in [-0.4, -0.2) is 15.6 Å². The molecule has 138 valence electrons. The summed E-state index contributed by atoms with van der Waals surface area (Å²) in [6.07, 6.45) is 3.35. The van der Waals surface area contributed by atoms with E-state index in [1.807, 2.05) is 6.92 Å². The van der Waals surface area contributed by atoms with Gasteiger partial charge in [0, 0.05) is 23.3 Å². The highest BCUT2D eigenvalue weighted by molar-refractivity contribution is 6.04. The van der Waals surface area contributed by atoms with Crippen LogP contribution in [0.4, 0.5) is 17.1 Å². The van der Waals surface area contributed by atoms with E-state index in [0.717, 1.165) is 18.9 Å². The maximum absolute atomic E-state index is 12.7. The predicted octanol–water partition coefficient (Wildman–Crippen LogP) is 3.33. The van der Waals surface area contributed by atoms with Gasteiger partial charge in [0.1, 0.15) is 5.69 Å². The molecule has 0 spiro atoms. The molecule has 0 aliphatic heterocycles. The normalized spacial score (nSPS) is 27.6. The molecule has 0 radical (unpaired) electrons. The van der Waals surface area contributed by atoms with Gasteiger partial charge in [-0.3, -0.25) is 30.4 Å². The van der Waals surface area contributed by atoms with Crippen molar-refractivity contribution in [1.82, 2.24) is 5.43 Å². The van der Waals surface area contributed by atoms with E-state index in [-0.39, 0.29) is 33.9 Å². The van der Waals surface area contributed by atoms with E-state index in [9.17, 15) is 25.0 Å². The first-order valence-electron chi connectivity index (χ1n) is 8.29. The highest BCUT2D eigenvalue weighted by atomic mass is 16.6. The molecule has 3 rings (SSSR count). The van der Waals surface area contributed by atoms with E-state index < -0.39 is 15.5 Å². The number of carbonyl (C=O) groups is 1. The third kappa shape index (κ3) is 2.42. The van der Waals surface area contributed by atoms with Crippen molar-refractivity contribution in [2.24, 2.45) is 16.7 Å². The molecule has 2 saturated carbocycles. The Balaban J connectivity index is 1.81. The zero-order chi connectivity index (χ0) is 19.3. The van der Waals surface area contributed by atoms with Gasteiger partial charge in [0.05, 0.1) is 15.9 Å². The lowest BCUT2D eigenvalue weighted by Gasteiger charge is -2.31. The summed E-state index contributed by atoms with van der Waals surface area (Å²) in [6.45, 7) is 6.18. The van der Waals surface area contributed by atoms with E-state index in [2.05, 4.69) is 24.7 Å². The molecule has 2 fully saturated rings. The lowest BCUT2D eigenvalue weighted by atomic mass is 9.70. The number of nitrogens with zero attached hydrogens (tertiary/aromatic N) is 2. The van der Waals surface area contributed by atoms with Crippen molar-refractivity contribution in [3.63, 3.8) is 0 Å². The average Bonchev–Trinajstić information content (AvgIpc) is 2.88. The molecule has 2 N–H and O–H groups in total. The largest absolute Gasteiger partial charge is 0.308 e. The molecule has 2 aliphatic carbocycles. The lowest BCUT2D eigenvalue weighted by molar-refractivity contribution is -0.393. The molecule has 2 bridgehead atoms. The van der Waals surface area contributed by atoms with Gasteiger partial charge in [-0.25, -0.2) is 0 Å². The van der Waals surface area contributed by atoms with Gasteiger partial charge < -0.3 is 5.43 Å². The molecule has 2 atom stereocenters. The first-order valence-corrected chi connectivity index (χ1v) is 8.29. The molecule has 0 amide bonds. The van der Waals surface area contributed by atoms with Gasteiger partial charge in [0.15, 0.2) is 5.78 Å². The minimum atomic E-state index is -0.697. The number of hydrogen-bond acceptors (Lipinski definition) is 7. The quantitative estimate of drug-likeness (QED) is 0.468. The number of benzene rings is 1. The Hall–Kier alpha value is -2.97. The molecule has 26 heavy (non-hydrogen) atoms. The number of rotatable bonds is 5. The van der Waals surface area contributed by atoms with Crippen LogP contribution in [0.5, 0.6) is 0 Å². The Morgan fingerprint density at radius 2 is 1.88 bits per heavy atom. The van der Waals surface area contributed by atoms with Crippen LogP contribution in [0.3, 0.4) is 0 Å². The number of nitro benzene ring substituents is 2. The second kappa shape index (κ2) is 5.79. The fourth-order valence-corrected chi connectivity index (χ4v) is 4.18. The van der Waals surface area contributed by atoms with Crippen LogP contribution in [-0.2, 0) is 4.79 Å². The number of non-ortho nitro benzene ring substituents is 1. The summed E-state index contributed by atoms with van der Waals surface area (Å²) in [6, 6.07) is 3.33. The van der Waals surface area contributed by atoms with Crippen molar-refractivity contribution in [3.8, 4) is 0 Å². The number of hydrazine groups is 1. The van der Waals surface area contributed by atoms with Crippen molar-refractivity contribution < 1.29 is 14.6 Å². The molecule has 0 heterocycles. The van der Waals surface area contributed by atoms with Crippen molar-refractivity contribution in [1.29, 1.82) is 0 Å². The highest BCUT2D eigenvalue weighted by Gasteiger charge is 2.63. The number of ketones is 1. The zero-order valence-electron chi connectivity index (χ0n) is 14.7. The van der Waals surface area contributed by atoms with Crippen molar-refractivity contribution >= 4 is 22.8 Å². The third-order valence-electron chi connectivity index (χ3n) is 6.19. The third-order valence-corrected chi connectivity index (χ3v) is 6.19. The minimum Gasteiger partial charge on any atom is -0.308 e. The summed E-state index contributed by atoms with van der Waals surface area (Å²) in [4.78, 5) is 33.3. The summed E-state index contributed by atoms with van der Waals surface area (Å²) in [5.74, 6) is 0.243. The molecule has 1 aromatic rings. The SMILES string of the molecule is CC12CCC(/C(=C/NNc3ccc([N+](=O)[O-])cc3[N+](=O)[O-])C1=O)C2(C)C. The maximum atomic E-state index is 12.7. The summed E-state index contributed by atoms with van der Waals surface area (Å²) in [5, 5.41) is 21.9. The van der Waals surface area contributed by atoms with Gasteiger partial charge in [-0.05, 0) is 30.2 Å². The summed E-state index contributed by atoms with van der Waals surface area (Å²) >= 11 is 0. The number of nitro groups is 2. The molecule has 9 heteroatoms. The number of Topliss-reactive ketones (excluding diaryl/α,β-unsaturated/α-hetero) is 1. The van der Waals surface area contributed by atoms with Crippen LogP contribution in [0.25, 0.3) is 0 Å². The second-order valence-electron chi connectivity index (χ2n) is 7.56. The fraction of sp³-hybridized carbons (Fsp3) is 0.471. The number of fused-ring (bicyclic) bond motifs is 2. The Bertz CT molecular complexity index is 848. The van der Waals surface area contributed by atoms with Crippen LogP contribution in [0.15, 0.2) is 30.0 Å². The van der Waals surface area contributed by atoms with E-state index in [1.165, 1.54) is 12.1 Å². The van der Waals surface area contributed by atoms with Gasteiger partial charge in [-0.2, -0.15) is 0 Å². The molecular weight excluding hydrogens is 340 g/mol.